The first-order valence-corrected chi connectivity index (χ1v) is 5.39. The van der Waals surface area contributed by atoms with Crippen LogP contribution in [0, 0.1) is 21.7 Å². The maximum Gasteiger partial charge on any atom is 0.295 e. The minimum absolute atomic E-state index is 0. The highest BCUT2D eigenvalue weighted by Gasteiger charge is 2.21. The first-order chi connectivity index (χ1) is 8.22. The van der Waals surface area contributed by atoms with Crippen LogP contribution in [0.3, 0.4) is 0 Å². The SMILES string of the molecule is C[N+](C)(C)CCNc1c([N+](=O)[O-])ccc(F)c1F.[I-]. The van der Waals surface area contributed by atoms with E-state index in [0.717, 1.165) is 12.1 Å². The Morgan fingerprint density at radius 3 is 2.37 bits per heavy atom. The molecule has 108 valence electrons. The van der Waals surface area contributed by atoms with E-state index in [1.54, 1.807) is 0 Å². The second kappa shape index (κ2) is 6.94. The Morgan fingerprint density at radius 2 is 1.89 bits per heavy atom. The van der Waals surface area contributed by atoms with Gasteiger partial charge in [0, 0.05) is 6.07 Å². The molecule has 0 saturated heterocycles. The summed E-state index contributed by atoms with van der Waals surface area (Å²) in [5, 5.41) is 13.3. The number of nitro groups is 1. The van der Waals surface area contributed by atoms with Crippen molar-refractivity contribution < 1.29 is 42.2 Å². The quantitative estimate of drug-likeness (QED) is 0.305. The zero-order valence-electron chi connectivity index (χ0n) is 10.9. The molecular weight excluding hydrogens is 371 g/mol. The lowest BCUT2D eigenvalue weighted by atomic mass is 10.2. The highest BCUT2D eigenvalue weighted by Crippen LogP contribution is 2.28. The van der Waals surface area contributed by atoms with Gasteiger partial charge >= 0.3 is 0 Å². The Morgan fingerprint density at radius 1 is 1.32 bits per heavy atom. The maximum atomic E-state index is 13.5. The third kappa shape index (κ3) is 5.23. The van der Waals surface area contributed by atoms with Crippen LogP contribution in [-0.2, 0) is 0 Å². The Hall–Kier alpha value is -1.03. The Kier molecular flexibility index (Phi) is 6.57. The van der Waals surface area contributed by atoms with Gasteiger partial charge in [0.05, 0.1) is 39.2 Å². The number of rotatable bonds is 5. The zero-order chi connectivity index (χ0) is 13.9. The molecule has 1 aromatic rings. The van der Waals surface area contributed by atoms with Gasteiger partial charge in [0.1, 0.15) is 0 Å². The van der Waals surface area contributed by atoms with Crippen LogP contribution in [0.4, 0.5) is 20.2 Å². The molecule has 0 aromatic heterocycles. The molecule has 0 spiro atoms. The van der Waals surface area contributed by atoms with E-state index in [4.69, 9.17) is 0 Å². The van der Waals surface area contributed by atoms with E-state index >= 15 is 0 Å². The first-order valence-electron chi connectivity index (χ1n) is 5.39. The summed E-state index contributed by atoms with van der Waals surface area (Å²) in [5.41, 5.74) is -0.858. The van der Waals surface area contributed by atoms with E-state index in [-0.39, 0.29) is 24.0 Å². The van der Waals surface area contributed by atoms with Gasteiger partial charge < -0.3 is 33.8 Å². The number of anilines is 1. The number of nitrogens with zero attached hydrogens (tertiary/aromatic N) is 2. The largest absolute Gasteiger partial charge is 1.00 e. The molecule has 0 saturated carbocycles. The van der Waals surface area contributed by atoms with Crippen LogP contribution >= 0.6 is 0 Å². The molecule has 0 radical (unpaired) electrons. The van der Waals surface area contributed by atoms with Crippen LogP contribution in [0.2, 0.25) is 0 Å². The van der Waals surface area contributed by atoms with Crippen LogP contribution in [0.15, 0.2) is 12.1 Å². The predicted octanol–water partition coefficient (Wildman–Crippen LogP) is -1.00. The average Bonchev–Trinajstić information content (AvgIpc) is 2.22. The lowest BCUT2D eigenvalue weighted by Gasteiger charge is -2.24. The molecule has 1 aromatic carbocycles. The van der Waals surface area contributed by atoms with Gasteiger partial charge in [-0.3, -0.25) is 10.1 Å². The minimum Gasteiger partial charge on any atom is -1.00 e. The third-order valence-corrected chi connectivity index (χ3v) is 2.35. The molecule has 0 fully saturated rings. The van der Waals surface area contributed by atoms with Crippen molar-refractivity contribution in [2.75, 3.05) is 39.5 Å². The number of hydrogen-bond acceptors (Lipinski definition) is 3. The highest BCUT2D eigenvalue weighted by molar-refractivity contribution is 5.62. The molecule has 0 unspecified atom stereocenters. The van der Waals surface area contributed by atoms with Gasteiger partial charge in [0.15, 0.2) is 17.3 Å². The number of quaternary nitrogens is 1. The summed E-state index contributed by atoms with van der Waals surface area (Å²) < 4.78 is 27.1. The second-order valence-corrected chi connectivity index (χ2v) is 4.95. The number of hydrogen-bond donors (Lipinski definition) is 1. The molecule has 19 heavy (non-hydrogen) atoms. The maximum absolute atomic E-state index is 13.5. The van der Waals surface area contributed by atoms with Crippen LogP contribution in [0.1, 0.15) is 0 Å². The van der Waals surface area contributed by atoms with Crippen molar-refractivity contribution in [1.82, 2.24) is 0 Å². The van der Waals surface area contributed by atoms with Gasteiger partial charge in [-0.05, 0) is 6.07 Å². The van der Waals surface area contributed by atoms with E-state index in [0.29, 0.717) is 17.6 Å². The minimum atomic E-state index is -1.22. The van der Waals surface area contributed by atoms with Gasteiger partial charge in [-0.1, -0.05) is 0 Å². The third-order valence-electron chi connectivity index (χ3n) is 2.35. The molecule has 0 aliphatic heterocycles. The summed E-state index contributed by atoms with van der Waals surface area (Å²) in [7, 11) is 5.79. The molecule has 0 amide bonds. The van der Waals surface area contributed by atoms with Gasteiger partial charge in [-0.25, -0.2) is 8.78 Å². The molecule has 0 atom stereocenters. The predicted molar refractivity (Wildman–Crippen MR) is 64.4 cm³/mol. The van der Waals surface area contributed by atoms with Gasteiger partial charge in [-0.2, -0.15) is 0 Å². The fourth-order valence-electron chi connectivity index (χ4n) is 1.38. The smallest absolute Gasteiger partial charge is 0.295 e. The van der Waals surface area contributed by atoms with E-state index in [1.165, 1.54) is 0 Å². The summed E-state index contributed by atoms with van der Waals surface area (Å²) in [6, 6.07) is 1.70. The monoisotopic (exact) mass is 387 g/mol. The number of halogens is 3. The first kappa shape index (κ1) is 18.0. The van der Waals surface area contributed by atoms with E-state index in [2.05, 4.69) is 5.32 Å². The second-order valence-electron chi connectivity index (χ2n) is 4.95. The number of likely N-dealkylation sites (N-methyl/N-ethyl adjacent to an activating group) is 1. The fourth-order valence-corrected chi connectivity index (χ4v) is 1.38. The van der Waals surface area contributed by atoms with Crippen molar-refractivity contribution in [2.24, 2.45) is 0 Å². The summed E-state index contributed by atoms with van der Waals surface area (Å²) in [5.74, 6) is -2.32. The van der Waals surface area contributed by atoms with E-state index in [9.17, 15) is 18.9 Å². The van der Waals surface area contributed by atoms with Gasteiger partial charge in [-0.15, -0.1) is 0 Å². The molecule has 0 heterocycles. The Bertz CT molecular complexity index is 464. The fraction of sp³-hybridized carbons (Fsp3) is 0.455. The average molecular weight is 387 g/mol. The molecule has 5 nitrogen and oxygen atoms in total. The zero-order valence-corrected chi connectivity index (χ0v) is 13.1. The lowest BCUT2D eigenvalue weighted by Crippen LogP contribution is -3.00. The molecular formula is C11H16F2IN3O2. The molecule has 8 heteroatoms. The Balaban J connectivity index is 0.00000324. The standard InChI is InChI=1S/C11H16F2N3O2.HI/c1-16(2,3)7-6-14-11-9(15(17)18)5-4-8(12)10(11)13;/h4-5,14H,6-7H2,1-3H3;1H/q+1;/p-1. The summed E-state index contributed by atoms with van der Waals surface area (Å²) >= 11 is 0. The van der Waals surface area contributed by atoms with Crippen molar-refractivity contribution in [3.8, 4) is 0 Å². The number of nitro benzene ring substituents is 1. The number of benzene rings is 1. The van der Waals surface area contributed by atoms with Crippen molar-refractivity contribution in [2.45, 2.75) is 0 Å². The van der Waals surface area contributed by atoms with E-state index in [1.807, 2.05) is 21.1 Å². The molecule has 1 rings (SSSR count). The molecule has 0 aliphatic rings. The Labute approximate surface area is 127 Å². The number of nitrogens with one attached hydrogen (secondary N) is 1. The van der Waals surface area contributed by atoms with Gasteiger partial charge in [0.25, 0.3) is 5.69 Å². The highest BCUT2D eigenvalue weighted by atomic mass is 127. The van der Waals surface area contributed by atoms with Crippen molar-refractivity contribution in [3.63, 3.8) is 0 Å². The van der Waals surface area contributed by atoms with Crippen LogP contribution < -0.4 is 29.3 Å². The summed E-state index contributed by atoms with van der Waals surface area (Å²) in [6.45, 7) is 0.928. The summed E-state index contributed by atoms with van der Waals surface area (Å²) in [4.78, 5) is 9.98. The topological polar surface area (TPSA) is 55.2 Å². The van der Waals surface area contributed by atoms with E-state index < -0.39 is 27.9 Å². The lowest BCUT2D eigenvalue weighted by molar-refractivity contribution is -0.868. The molecule has 0 bridgehead atoms. The molecule has 1 N–H and O–H groups in total. The van der Waals surface area contributed by atoms with Crippen molar-refractivity contribution >= 4 is 11.4 Å². The molecule has 0 aliphatic carbocycles. The van der Waals surface area contributed by atoms with Crippen LogP contribution in [-0.4, -0.2) is 43.6 Å². The van der Waals surface area contributed by atoms with Gasteiger partial charge in [0.2, 0.25) is 0 Å². The van der Waals surface area contributed by atoms with Crippen LogP contribution in [0.25, 0.3) is 0 Å². The van der Waals surface area contributed by atoms with Crippen molar-refractivity contribution in [1.29, 1.82) is 0 Å². The summed E-state index contributed by atoms with van der Waals surface area (Å²) in [6.07, 6.45) is 0. The van der Waals surface area contributed by atoms with Crippen molar-refractivity contribution in [3.05, 3.63) is 33.9 Å². The normalized spacial score (nSPS) is 10.8. The van der Waals surface area contributed by atoms with Crippen LogP contribution in [0.5, 0.6) is 0 Å².